The molecule has 16 heavy (non-hydrogen) atoms. The first-order valence-corrected chi connectivity index (χ1v) is 5.82. The van der Waals surface area contributed by atoms with Gasteiger partial charge in [-0.25, -0.2) is 4.98 Å². The van der Waals surface area contributed by atoms with E-state index in [4.69, 9.17) is 5.73 Å². The lowest BCUT2D eigenvalue weighted by Crippen LogP contribution is -2.10. The number of anilines is 1. The van der Waals surface area contributed by atoms with Crippen LogP contribution in [0.2, 0.25) is 0 Å². The van der Waals surface area contributed by atoms with Gasteiger partial charge in [-0.1, -0.05) is 19.9 Å². The van der Waals surface area contributed by atoms with Gasteiger partial charge in [0, 0.05) is 20.3 Å². The molecule has 1 fully saturated rings. The van der Waals surface area contributed by atoms with Crippen LogP contribution in [-0.4, -0.2) is 25.6 Å². The molecule has 1 heterocycles. The van der Waals surface area contributed by atoms with Crippen LogP contribution in [0.4, 0.5) is 5.82 Å². The maximum absolute atomic E-state index is 5.79. The lowest BCUT2D eigenvalue weighted by molar-refractivity contribution is 0.558. The minimum atomic E-state index is 0.343. The Morgan fingerprint density at radius 1 is 1.38 bits per heavy atom. The standard InChI is InChI=1S/C13H21N3/c1-13(2)10(7-14)12(13)9-5-6-11(15-8-9)16(3)4/h5-6,8,10,12H,7,14H2,1-4H3. The Morgan fingerprint density at radius 3 is 2.44 bits per heavy atom. The van der Waals surface area contributed by atoms with Crippen molar-refractivity contribution >= 4 is 5.82 Å². The Morgan fingerprint density at radius 2 is 2.06 bits per heavy atom. The van der Waals surface area contributed by atoms with Crippen LogP contribution >= 0.6 is 0 Å². The summed E-state index contributed by atoms with van der Waals surface area (Å²) in [5.41, 5.74) is 7.46. The second-order valence-corrected chi connectivity index (χ2v) is 5.49. The summed E-state index contributed by atoms with van der Waals surface area (Å²) in [7, 11) is 4.01. The average molecular weight is 219 g/mol. The quantitative estimate of drug-likeness (QED) is 0.843. The van der Waals surface area contributed by atoms with E-state index in [0.29, 0.717) is 17.3 Å². The average Bonchev–Trinajstić information content (AvgIpc) is 2.80. The van der Waals surface area contributed by atoms with E-state index < -0.39 is 0 Å². The monoisotopic (exact) mass is 219 g/mol. The summed E-state index contributed by atoms with van der Waals surface area (Å²) in [5, 5.41) is 0. The Kier molecular flexibility index (Phi) is 2.66. The zero-order valence-electron chi connectivity index (χ0n) is 10.6. The molecule has 1 aromatic heterocycles. The van der Waals surface area contributed by atoms with Gasteiger partial charge in [-0.2, -0.15) is 0 Å². The van der Waals surface area contributed by atoms with Crippen molar-refractivity contribution in [3.05, 3.63) is 23.9 Å². The van der Waals surface area contributed by atoms with Crippen LogP contribution in [0, 0.1) is 11.3 Å². The Hall–Kier alpha value is -1.09. The highest BCUT2D eigenvalue weighted by molar-refractivity contribution is 5.40. The van der Waals surface area contributed by atoms with Gasteiger partial charge in [-0.3, -0.25) is 0 Å². The van der Waals surface area contributed by atoms with Crippen molar-refractivity contribution in [3.8, 4) is 0 Å². The summed E-state index contributed by atoms with van der Waals surface area (Å²) < 4.78 is 0. The molecular formula is C13H21N3. The lowest BCUT2D eigenvalue weighted by atomic mass is 10.0. The predicted octanol–water partition coefficient (Wildman–Crippen LogP) is 1.85. The number of pyridine rings is 1. The van der Waals surface area contributed by atoms with Crippen molar-refractivity contribution in [1.29, 1.82) is 0 Å². The van der Waals surface area contributed by atoms with Crippen molar-refractivity contribution in [3.63, 3.8) is 0 Å². The Labute approximate surface area is 97.7 Å². The molecular weight excluding hydrogens is 198 g/mol. The van der Waals surface area contributed by atoms with Gasteiger partial charge in [-0.05, 0) is 35.4 Å². The minimum Gasteiger partial charge on any atom is -0.363 e. The van der Waals surface area contributed by atoms with E-state index in [1.54, 1.807) is 0 Å². The first-order valence-electron chi connectivity index (χ1n) is 5.82. The Bertz CT molecular complexity index is 367. The van der Waals surface area contributed by atoms with Crippen LogP contribution in [0.5, 0.6) is 0 Å². The molecule has 0 amide bonds. The van der Waals surface area contributed by atoms with Gasteiger partial charge in [0.15, 0.2) is 0 Å². The minimum absolute atomic E-state index is 0.343. The lowest BCUT2D eigenvalue weighted by Gasteiger charge is -2.11. The number of nitrogens with two attached hydrogens (primary N) is 1. The van der Waals surface area contributed by atoms with Crippen LogP contribution in [0.25, 0.3) is 0 Å². The summed E-state index contributed by atoms with van der Waals surface area (Å²) in [5.74, 6) is 2.20. The van der Waals surface area contributed by atoms with Crippen LogP contribution < -0.4 is 10.6 Å². The fourth-order valence-electron chi connectivity index (χ4n) is 2.69. The summed E-state index contributed by atoms with van der Waals surface area (Å²) in [6, 6.07) is 4.27. The van der Waals surface area contributed by atoms with E-state index in [1.807, 2.05) is 25.2 Å². The number of aromatic nitrogens is 1. The molecule has 3 heteroatoms. The molecule has 3 nitrogen and oxygen atoms in total. The van der Waals surface area contributed by atoms with Crippen LogP contribution in [0.1, 0.15) is 25.3 Å². The SMILES string of the molecule is CN(C)c1ccc(C2C(CN)C2(C)C)cn1. The molecule has 0 saturated heterocycles. The molecule has 2 N–H and O–H groups in total. The molecule has 2 atom stereocenters. The predicted molar refractivity (Wildman–Crippen MR) is 67.6 cm³/mol. The molecule has 2 rings (SSSR count). The summed E-state index contributed by atoms with van der Waals surface area (Å²) in [6.45, 7) is 5.34. The van der Waals surface area contributed by atoms with Gasteiger partial charge in [0.05, 0.1) is 0 Å². The number of nitrogens with zero attached hydrogens (tertiary/aromatic N) is 2. The van der Waals surface area contributed by atoms with Crippen molar-refractivity contribution in [2.24, 2.45) is 17.1 Å². The van der Waals surface area contributed by atoms with Gasteiger partial charge in [0.2, 0.25) is 0 Å². The topological polar surface area (TPSA) is 42.1 Å². The van der Waals surface area contributed by atoms with Gasteiger partial charge in [-0.15, -0.1) is 0 Å². The third-order valence-corrected chi connectivity index (χ3v) is 3.89. The first-order chi connectivity index (χ1) is 7.48. The first kappa shape index (κ1) is 11.4. The van der Waals surface area contributed by atoms with Gasteiger partial charge in [0.25, 0.3) is 0 Å². The van der Waals surface area contributed by atoms with Gasteiger partial charge < -0.3 is 10.6 Å². The highest BCUT2D eigenvalue weighted by Gasteiger charge is 2.57. The molecule has 1 saturated carbocycles. The van der Waals surface area contributed by atoms with E-state index >= 15 is 0 Å². The maximum atomic E-state index is 5.79. The normalized spacial score (nSPS) is 26.6. The molecule has 88 valence electrons. The van der Waals surface area contributed by atoms with Crippen molar-refractivity contribution in [2.75, 3.05) is 25.5 Å². The maximum Gasteiger partial charge on any atom is 0.127 e. The fraction of sp³-hybridized carbons (Fsp3) is 0.615. The molecule has 2 unspecified atom stereocenters. The summed E-state index contributed by atoms with van der Waals surface area (Å²) >= 11 is 0. The van der Waals surface area contributed by atoms with Gasteiger partial charge >= 0.3 is 0 Å². The molecule has 0 bridgehead atoms. The molecule has 0 radical (unpaired) electrons. The summed E-state index contributed by atoms with van der Waals surface area (Å²) in [6.07, 6.45) is 2.00. The summed E-state index contributed by atoms with van der Waals surface area (Å²) in [4.78, 5) is 6.47. The molecule has 0 aliphatic heterocycles. The molecule has 1 aliphatic carbocycles. The van der Waals surface area contributed by atoms with Crippen LogP contribution in [0.3, 0.4) is 0 Å². The van der Waals surface area contributed by atoms with Crippen molar-refractivity contribution < 1.29 is 0 Å². The molecule has 0 spiro atoms. The van der Waals surface area contributed by atoms with Crippen LogP contribution in [-0.2, 0) is 0 Å². The number of hydrogen-bond acceptors (Lipinski definition) is 3. The van der Waals surface area contributed by atoms with Crippen LogP contribution in [0.15, 0.2) is 18.3 Å². The zero-order valence-corrected chi connectivity index (χ0v) is 10.6. The van der Waals surface area contributed by atoms with E-state index in [0.717, 1.165) is 12.4 Å². The van der Waals surface area contributed by atoms with E-state index in [1.165, 1.54) is 5.56 Å². The van der Waals surface area contributed by atoms with Crippen molar-refractivity contribution in [1.82, 2.24) is 4.98 Å². The van der Waals surface area contributed by atoms with Crippen molar-refractivity contribution in [2.45, 2.75) is 19.8 Å². The number of rotatable bonds is 3. The van der Waals surface area contributed by atoms with E-state index in [-0.39, 0.29) is 0 Å². The van der Waals surface area contributed by atoms with Gasteiger partial charge in [0.1, 0.15) is 5.82 Å². The third kappa shape index (κ3) is 1.69. The highest BCUT2D eigenvalue weighted by Crippen LogP contribution is 2.63. The fourth-order valence-corrected chi connectivity index (χ4v) is 2.69. The largest absolute Gasteiger partial charge is 0.363 e. The van der Waals surface area contributed by atoms with E-state index in [9.17, 15) is 0 Å². The zero-order chi connectivity index (χ0) is 11.9. The second-order valence-electron chi connectivity index (χ2n) is 5.49. The second kappa shape index (κ2) is 3.74. The molecule has 0 aromatic carbocycles. The highest BCUT2D eigenvalue weighted by atomic mass is 15.1. The number of hydrogen-bond donors (Lipinski definition) is 1. The Balaban J connectivity index is 2.18. The third-order valence-electron chi connectivity index (χ3n) is 3.89. The molecule has 1 aliphatic rings. The van der Waals surface area contributed by atoms with E-state index in [2.05, 4.69) is 31.0 Å². The smallest absolute Gasteiger partial charge is 0.127 e. The molecule has 1 aromatic rings.